The molecule has 3 aromatic rings. The number of hydrogen-bond acceptors (Lipinski definition) is 6. The fourth-order valence-corrected chi connectivity index (χ4v) is 2.70. The van der Waals surface area contributed by atoms with E-state index in [-0.39, 0.29) is 18.8 Å². The lowest BCUT2D eigenvalue weighted by Crippen LogP contribution is -2.20. The third-order valence-electron chi connectivity index (χ3n) is 3.94. The van der Waals surface area contributed by atoms with Gasteiger partial charge < -0.3 is 19.6 Å². The minimum Gasteiger partial charge on any atom is -0.484 e. The quantitative estimate of drug-likeness (QED) is 0.502. The summed E-state index contributed by atoms with van der Waals surface area (Å²) in [6.07, 6.45) is 0. The Bertz CT molecular complexity index is 1100. The van der Waals surface area contributed by atoms with Gasteiger partial charge in [0.1, 0.15) is 17.9 Å². The van der Waals surface area contributed by atoms with E-state index in [1.807, 2.05) is 0 Å². The van der Waals surface area contributed by atoms with E-state index in [1.165, 1.54) is 30.3 Å². The number of hydrogen-bond donors (Lipinski definition) is 1. The minimum atomic E-state index is -0.599. The van der Waals surface area contributed by atoms with Gasteiger partial charge >= 0.3 is 11.6 Å². The predicted octanol–water partition coefficient (Wildman–Crippen LogP) is 2.98. The van der Waals surface area contributed by atoms with Gasteiger partial charge in [-0.2, -0.15) is 0 Å². The van der Waals surface area contributed by atoms with Gasteiger partial charge in [-0.15, -0.1) is 0 Å². The van der Waals surface area contributed by atoms with Crippen molar-refractivity contribution in [1.82, 2.24) is 0 Å². The molecular weight excluding hydrogens is 386 g/mol. The second kappa shape index (κ2) is 8.14. The summed E-state index contributed by atoms with van der Waals surface area (Å²) in [5.41, 5.74) is 6.37. The van der Waals surface area contributed by atoms with Gasteiger partial charge in [0.15, 0.2) is 6.61 Å². The lowest BCUT2D eigenvalue weighted by Gasteiger charge is -2.09. The summed E-state index contributed by atoms with van der Waals surface area (Å²) in [6.45, 7) is 1.42. The van der Waals surface area contributed by atoms with Gasteiger partial charge in [0.25, 0.3) is 5.91 Å². The van der Waals surface area contributed by atoms with Crippen molar-refractivity contribution in [3.05, 3.63) is 74.6 Å². The molecule has 1 heterocycles. The van der Waals surface area contributed by atoms with E-state index >= 15 is 0 Å². The van der Waals surface area contributed by atoms with Crippen LogP contribution < -0.4 is 16.1 Å². The highest BCUT2D eigenvalue weighted by molar-refractivity contribution is 6.32. The summed E-state index contributed by atoms with van der Waals surface area (Å²) in [4.78, 5) is 34.8. The molecule has 0 bridgehead atoms. The molecule has 144 valence electrons. The summed E-state index contributed by atoms with van der Waals surface area (Å²) in [7, 11) is 0. The smallest absolute Gasteiger partial charge is 0.338 e. The van der Waals surface area contributed by atoms with Crippen molar-refractivity contribution in [2.24, 2.45) is 5.73 Å². The lowest BCUT2D eigenvalue weighted by molar-refractivity contribution is -0.119. The van der Waals surface area contributed by atoms with Crippen molar-refractivity contribution in [2.45, 2.75) is 13.5 Å². The van der Waals surface area contributed by atoms with E-state index in [2.05, 4.69) is 0 Å². The van der Waals surface area contributed by atoms with Crippen LogP contribution in [0.25, 0.3) is 11.0 Å². The number of esters is 1. The van der Waals surface area contributed by atoms with Crippen LogP contribution in [0.3, 0.4) is 0 Å². The summed E-state index contributed by atoms with van der Waals surface area (Å²) >= 11 is 6.15. The summed E-state index contributed by atoms with van der Waals surface area (Å²) in [5.74, 6) is -0.786. The predicted molar refractivity (Wildman–Crippen MR) is 102 cm³/mol. The first-order valence-corrected chi connectivity index (χ1v) is 8.62. The monoisotopic (exact) mass is 401 g/mol. The zero-order valence-corrected chi connectivity index (χ0v) is 15.6. The van der Waals surface area contributed by atoms with Gasteiger partial charge in [0, 0.05) is 22.0 Å². The van der Waals surface area contributed by atoms with Gasteiger partial charge in [-0.25, -0.2) is 9.59 Å². The molecule has 0 radical (unpaired) electrons. The fraction of sp³-hybridized carbons (Fsp3) is 0.150. The molecule has 8 heteroatoms. The summed E-state index contributed by atoms with van der Waals surface area (Å²) in [6, 6.07) is 10.6. The average molecular weight is 402 g/mol. The highest BCUT2D eigenvalue weighted by Gasteiger charge is 2.12. The largest absolute Gasteiger partial charge is 0.484 e. The van der Waals surface area contributed by atoms with Crippen molar-refractivity contribution in [3.63, 3.8) is 0 Å². The molecule has 0 saturated heterocycles. The Labute approximate surface area is 164 Å². The van der Waals surface area contributed by atoms with E-state index in [1.54, 1.807) is 19.1 Å². The second-order valence-corrected chi connectivity index (χ2v) is 6.45. The molecule has 2 aromatic carbocycles. The third kappa shape index (κ3) is 4.50. The van der Waals surface area contributed by atoms with E-state index < -0.39 is 17.5 Å². The van der Waals surface area contributed by atoms with Crippen molar-refractivity contribution in [3.8, 4) is 5.75 Å². The van der Waals surface area contributed by atoms with Crippen LogP contribution in [0.1, 0.15) is 21.5 Å². The molecule has 7 nitrogen and oxygen atoms in total. The van der Waals surface area contributed by atoms with Gasteiger partial charge in [0.2, 0.25) is 0 Å². The molecule has 0 aliphatic rings. The van der Waals surface area contributed by atoms with E-state index in [0.717, 1.165) is 5.56 Å². The van der Waals surface area contributed by atoms with Crippen molar-refractivity contribution in [1.29, 1.82) is 0 Å². The lowest BCUT2D eigenvalue weighted by atomic mass is 10.1. The van der Waals surface area contributed by atoms with Crippen LogP contribution in [0.4, 0.5) is 0 Å². The van der Waals surface area contributed by atoms with E-state index in [0.29, 0.717) is 27.3 Å². The Morgan fingerprint density at radius 2 is 1.86 bits per heavy atom. The standard InChI is InChI=1S/C20H16ClNO6/c1-11-6-17-15(8-16(11)21)13(7-19(24)28-17)9-27-20(25)12-2-4-14(5-3-12)26-10-18(22)23/h2-8H,9-10H2,1H3,(H2,22,23). The number of halogens is 1. The van der Waals surface area contributed by atoms with Gasteiger partial charge in [-0.3, -0.25) is 4.79 Å². The van der Waals surface area contributed by atoms with Crippen LogP contribution in [-0.2, 0) is 16.1 Å². The molecular formula is C20H16ClNO6. The van der Waals surface area contributed by atoms with Crippen molar-refractivity contribution < 1.29 is 23.5 Å². The van der Waals surface area contributed by atoms with Crippen LogP contribution in [0.15, 0.2) is 51.7 Å². The fourth-order valence-electron chi connectivity index (χ4n) is 2.54. The Kier molecular flexibility index (Phi) is 5.65. The maximum atomic E-state index is 12.3. The number of amides is 1. The molecule has 1 aromatic heterocycles. The topological polar surface area (TPSA) is 109 Å². The Hall–Kier alpha value is -3.32. The second-order valence-electron chi connectivity index (χ2n) is 6.04. The van der Waals surface area contributed by atoms with Crippen LogP contribution in [0, 0.1) is 6.92 Å². The molecule has 0 unspecified atom stereocenters. The molecule has 0 spiro atoms. The van der Waals surface area contributed by atoms with Gasteiger partial charge in [-0.05, 0) is 48.9 Å². The molecule has 1 amide bonds. The molecule has 0 aliphatic heterocycles. The van der Waals surface area contributed by atoms with E-state index in [9.17, 15) is 14.4 Å². The number of rotatable bonds is 6. The number of carbonyl (C=O) groups is 2. The number of nitrogens with two attached hydrogens (primary N) is 1. The number of aryl methyl sites for hydroxylation is 1. The first-order valence-electron chi connectivity index (χ1n) is 8.24. The summed E-state index contributed by atoms with van der Waals surface area (Å²) in [5, 5.41) is 1.11. The molecule has 0 fully saturated rings. The number of ether oxygens (including phenoxy) is 2. The third-order valence-corrected chi connectivity index (χ3v) is 4.35. The van der Waals surface area contributed by atoms with Crippen molar-refractivity contribution >= 4 is 34.4 Å². The Balaban J connectivity index is 1.75. The molecule has 0 aliphatic carbocycles. The van der Waals surface area contributed by atoms with E-state index in [4.69, 9.17) is 31.2 Å². The van der Waals surface area contributed by atoms with Crippen LogP contribution in [0.2, 0.25) is 5.02 Å². The molecule has 2 N–H and O–H groups in total. The Morgan fingerprint density at radius 1 is 1.14 bits per heavy atom. The number of primary amides is 1. The maximum absolute atomic E-state index is 12.3. The minimum absolute atomic E-state index is 0.125. The molecule has 28 heavy (non-hydrogen) atoms. The SMILES string of the molecule is Cc1cc2oc(=O)cc(COC(=O)c3ccc(OCC(N)=O)cc3)c2cc1Cl. The molecule has 0 atom stereocenters. The Morgan fingerprint density at radius 3 is 2.54 bits per heavy atom. The summed E-state index contributed by atoms with van der Waals surface area (Å²) < 4.78 is 15.6. The maximum Gasteiger partial charge on any atom is 0.338 e. The number of benzene rings is 2. The van der Waals surface area contributed by atoms with Crippen LogP contribution in [-0.4, -0.2) is 18.5 Å². The van der Waals surface area contributed by atoms with Gasteiger partial charge in [0.05, 0.1) is 5.56 Å². The zero-order chi connectivity index (χ0) is 20.3. The van der Waals surface area contributed by atoms with Crippen LogP contribution in [0.5, 0.6) is 5.75 Å². The van der Waals surface area contributed by atoms with Gasteiger partial charge in [-0.1, -0.05) is 11.6 Å². The van der Waals surface area contributed by atoms with Crippen LogP contribution >= 0.6 is 11.6 Å². The zero-order valence-electron chi connectivity index (χ0n) is 14.9. The van der Waals surface area contributed by atoms with Crippen molar-refractivity contribution in [2.75, 3.05) is 6.61 Å². The first-order chi connectivity index (χ1) is 13.3. The first kappa shape index (κ1) is 19.4. The normalized spacial score (nSPS) is 10.6. The highest BCUT2D eigenvalue weighted by atomic mass is 35.5. The molecule has 3 rings (SSSR count). The highest BCUT2D eigenvalue weighted by Crippen LogP contribution is 2.25. The molecule has 0 saturated carbocycles. The average Bonchev–Trinajstić information content (AvgIpc) is 2.66. The number of fused-ring (bicyclic) bond motifs is 1. The number of carbonyl (C=O) groups excluding carboxylic acids is 2.